The van der Waals surface area contributed by atoms with Gasteiger partial charge in [-0.3, -0.25) is 4.84 Å². The van der Waals surface area contributed by atoms with Gasteiger partial charge < -0.3 is 5.73 Å². The Morgan fingerprint density at radius 2 is 2.57 bits per heavy atom. The third-order valence-corrected chi connectivity index (χ3v) is 0.248. The lowest BCUT2D eigenvalue weighted by atomic mass is 10.9. The number of amides is 1. The van der Waals surface area contributed by atoms with Crippen molar-refractivity contribution < 1.29 is 9.63 Å². The van der Waals surface area contributed by atoms with Gasteiger partial charge in [0.15, 0.2) is 0 Å². The Balaban J connectivity index is 3.14. The lowest BCUT2D eigenvalue weighted by molar-refractivity contribution is 0.162. The first kappa shape index (κ1) is 5.94. The van der Waals surface area contributed by atoms with Crippen molar-refractivity contribution in [2.75, 3.05) is 0 Å². The summed E-state index contributed by atoms with van der Waals surface area (Å²) in [6, 6.07) is 0. The van der Waals surface area contributed by atoms with Gasteiger partial charge in [-0.2, -0.15) is 0 Å². The molecule has 40 valence electrons. The molecule has 0 rings (SSSR count). The van der Waals surface area contributed by atoms with Crippen molar-refractivity contribution in [3.8, 4) is 0 Å². The highest BCUT2D eigenvalue weighted by atomic mass is 16.7. The third kappa shape index (κ3) is 4.94. The second-order valence-corrected chi connectivity index (χ2v) is 0.774. The van der Waals surface area contributed by atoms with E-state index in [9.17, 15) is 4.79 Å². The maximum absolute atomic E-state index is 9.64. The molecule has 4 nitrogen and oxygen atoms in total. The lowest BCUT2D eigenvalue weighted by Crippen LogP contribution is -2.08. The van der Waals surface area contributed by atoms with Gasteiger partial charge in [0.05, 0.1) is 0 Å². The van der Waals surface area contributed by atoms with E-state index in [4.69, 9.17) is 0 Å². The van der Waals surface area contributed by atoms with Gasteiger partial charge in [-0.05, 0) is 6.92 Å². The molecule has 0 unspecified atom stereocenters. The summed E-state index contributed by atoms with van der Waals surface area (Å²) in [7, 11) is 0. The number of carbonyl (C=O) groups excluding carboxylic acids is 1. The average molecular weight is 102 g/mol. The number of primary amides is 1. The van der Waals surface area contributed by atoms with Crippen molar-refractivity contribution in [3.63, 3.8) is 0 Å². The second kappa shape index (κ2) is 3.14. The van der Waals surface area contributed by atoms with E-state index in [1.54, 1.807) is 6.92 Å². The summed E-state index contributed by atoms with van der Waals surface area (Å²) in [5, 5.41) is 3.07. The maximum Gasteiger partial charge on any atom is 0.430 e. The fourth-order valence-electron chi connectivity index (χ4n) is 0.105. The Kier molecular flexibility index (Phi) is 2.67. The molecule has 0 atom stereocenters. The van der Waals surface area contributed by atoms with Crippen LogP contribution in [-0.4, -0.2) is 12.3 Å². The van der Waals surface area contributed by atoms with Gasteiger partial charge in [-0.15, -0.1) is 0 Å². The Labute approximate surface area is 40.9 Å². The lowest BCUT2D eigenvalue weighted by Gasteiger charge is -1.82. The molecule has 0 heterocycles. The van der Waals surface area contributed by atoms with Crippen LogP contribution >= 0.6 is 0 Å². The van der Waals surface area contributed by atoms with E-state index in [-0.39, 0.29) is 0 Å². The Bertz CT molecular complexity index is 88.9. The number of hydrogen-bond acceptors (Lipinski definition) is 3. The predicted octanol–water partition coefficient (Wildman–Crippen LogP) is 0.0874. The smallest absolute Gasteiger partial charge is 0.333 e. The van der Waals surface area contributed by atoms with Crippen molar-refractivity contribution in [1.29, 1.82) is 0 Å². The summed E-state index contributed by atoms with van der Waals surface area (Å²) in [5.74, 6) is 0. The number of oxime groups is 1. The summed E-state index contributed by atoms with van der Waals surface area (Å²) in [5.41, 5.74) is 4.50. The van der Waals surface area contributed by atoms with Crippen LogP contribution in [0.1, 0.15) is 6.92 Å². The van der Waals surface area contributed by atoms with Crippen molar-refractivity contribution in [1.82, 2.24) is 0 Å². The molecule has 0 aliphatic heterocycles. The normalized spacial score (nSPS) is 9.29. The summed E-state index contributed by atoms with van der Waals surface area (Å²) < 4.78 is 0. The van der Waals surface area contributed by atoms with Crippen LogP contribution in [0.25, 0.3) is 0 Å². The van der Waals surface area contributed by atoms with E-state index >= 15 is 0 Å². The predicted molar refractivity (Wildman–Crippen MR) is 24.8 cm³/mol. The number of nitrogens with two attached hydrogens (primary N) is 1. The molecule has 4 heteroatoms. The summed E-state index contributed by atoms with van der Waals surface area (Å²) in [4.78, 5) is 13.5. The zero-order valence-electron chi connectivity index (χ0n) is 3.92. The molecule has 0 aromatic rings. The zero-order valence-corrected chi connectivity index (χ0v) is 3.92. The zero-order chi connectivity index (χ0) is 5.70. The fourth-order valence-corrected chi connectivity index (χ4v) is 0.105. The molecular weight excluding hydrogens is 96.0 g/mol. The molecule has 0 radical (unpaired) electrons. The van der Waals surface area contributed by atoms with Crippen molar-refractivity contribution >= 4 is 12.3 Å². The SMILES string of the molecule is C/C=N/OC(N)=O. The first-order valence-electron chi connectivity index (χ1n) is 1.72. The van der Waals surface area contributed by atoms with Crippen LogP contribution in [0, 0.1) is 0 Å². The van der Waals surface area contributed by atoms with Crippen LogP contribution in [0.15, 0.2) is 5.16 Å². The van der Waals surface area contributed by atoms with Gasteiger partial charge in [0.25, 0.3) is 0 Å². The van der Waals surface area contributed by atoms with Gasteiger partial charge in [0.2, 0.25) is 0 Å². The Morgan fingerprint density at radius 1 is 2.00 bits per heavy atom. The quantitative estimate of drug-likeness (QED) is 0.289. The van der Waals surface area contributed by atoms with Gasteiger partial charge in [-0.25, -0.2) is 4.79 Å². The summed E-state index contributed by atoms with van der Waals surface area (Å²) >= 11 is 0. The van der Waals surface area contributed by atoms with Gasteiger partial charge in [0.1, 0.15) is 0 Å². The van der Waals surface area contributed by atoms with E-state index in [0.29, 0.717) is 0 Å². The van der Waals surface area contributed by atoms with Gasteiger partial charge in [0, 0.05) is 6.21 Å². The van der Waals surface area contributed by atoms with E-state index < -0.39 is 6.09 Å². The Morgan fingerprint density at radius 3 is 2.71 bits per heavy atom. The molecular formula is C3H6N2O2. The second-order valence-electron chi connectivity index (χ2n) is 0.774. The van der Waals surface area contributed by atoms with Gasteiger partial charge >= 0.3 is 6.09 Å². The molecule has 1 amide bonds. The number of carbonyl (C=O) groups is 1. The van der Waals surface area contributed by atoms with E-state index in [2.05, 4.69) is 15.7 Å². The molecule has 0 fully saturated rings. The molecule has 0 aliphatic rings. The van der Waals surface area contributed by atoms with Crippen molar-refractivity contribution in [2.45, 2.75) is 6.92 Å². The van der Waals surface area contributed by atoms with Crippen LogP contribution in [0.4, 0.5) is 4.79 Å². The molecule has 0 aliphatic carbocycles. The van der Waals surface area contributed by atoms with E-state index in [1.807, 2.05) is 0 Å². The standard InChI is InChI=1S/C3H6N2O2/c1-2-5-7-3(4)6/h2H,1H3,(H2,4,6)/b5-2+. The maximum atomic E-state index is 9.64. The minimum Gasteiger partial charge on any atom is -0.333 e. The number of rotatable bonds is 1. The molecule has 7 heavy (non-hydrogen) atoms. The third-order valence-electron chi connectivity index (χ3n) is 0.248. The van der Waals surface area contributed by atoms with Crippen LogP contribution in [0.5, 0.6) is 0 Å². The van der Waals surface area contributed by atoms with Crippen LogP contribution in [0.3, 0.4) is 0 Å². The molecule has 0 bridgehead atoms. The molecule has 0 saturated heterocycles. The minimum atomic E-state index is -0.891. The molecule has 0 aromatic heterocycles. The largest absolute Gasteiger partial charge is 0.430 e. The topological polar surface area (TPSA) is 64.7 Å². The highest BCUT2D eigenvalue weighted by Crippen LogP contribution is 1.68. The highest BCUT2D eigenvalue weighted by Gasteiger charge is 1.83. The van der Waals surface area contributed by atoms with Crippen LogP contribution < -0.4 is 5.73 Å². The molecule has 0 spiro atoms. The van der Waals surface area contributed by atoms with E-state index in [0.717, 1.165) is 0 Å². The van der Waals surface area contributed by atoms with Gasteiger partial charge in [-0.1, -0.05) is 5.16 Å². The first-order chi connectivity index (χ1) is 3.27. The Hall–Kier alpha value is -1.06. The summed E-state index contributed by atoms with van der Waals surface area (Å²) in [6.07, 6.45) is 0.434. The average Bonchev–Trinajstić information content (AvgIpc) is 1.61. The molecule has 0 aromatic carbocycles. The first-order valence-corrected chi connectivity index (χ1v) is 1.72. The number of hydrogen-bond donors (Lipinski definition) is 1. The van der Waals surface area contributed by atoms with Crippen LogP contribution in [-0.2, 0) is 4.84 Å². The van der Waals surface area contributed by atoms with Crippen LogP contribution in [0.2, 0.25) is 0 Å². The molecule has 2 N–H and O–H groups in total. The summed E-state index contributed by atoms with van der Waals surface area (Å²) in [6.45, 7) is 1.61. The highest BCUT2D eigenvalue weighted by molar-refractivity contribution is 5.65. The number of nitrogens with zero attached hydrogens (tertiary/aromatic N) is 1. The monoisotopic (exact) mass is 102 g/mol. The van der Waals surface area contributed by atoms with Crippen molar-refractivity contribution in [3.05, 3.63) is 0 Å². The fraction of sp³-hybridized carbons (Fsp3) is 0.333. The minimum absolute atomic E-state index is 0.891. The molecule has 0 saturated carbocycles. The van der Waals surface area contributed by atoms with E-state index in [1.165, 1.54) is 6.21 Å². The van der Waals surface area contributed by atoms with Crippen molar-refractivity contribution in [2.24, 2.45) is 10.9 Å².